The Kier molecular flexibility index (Phi) is 4.15. The van der Waals surface area contributed by atoms with Crippen LogP contribution < -0.4 is 9.64 Å². The summed E-state index contributed by atoms with van der Waals surface area (Å²) in [4.78, 5) is 25.1. The number of fused-ring (bicyclic) bond motifs is 1. The van der Waals surface area contributed by atoms with Gasteiger partial charge >= 0.3 is 0 Å². The lowest BCUT2D eigenvalue weighted by Gasteiger charge is -2.60. The summed E-state index contributed by atoms with van der Waals surface area (Å²) >= 11 is 0. The molecule has 1 amide bonds. The number of pyridine rings is 2. The lowest BCUT2D eigenvalue weighted by molar-refractivity contribution is -0.144. The molecule has 0 atom stereocenters. The lowest BCUT2D eigenvalue weighted by atomic mass is 9.72. The number of hydrogen-bond acceptors (Lipinski definition) is 5. The summed E-state index contributed by atoms with van der Waals surface area (Å²) in [5.41, 5.74) is 4.56. The van der Waals surface area contributed by atoms with Gasteiger partial charge in [-0.2, -0.15) is 0 Å². The maximum Gasteiger partial charge on any atom is 0.222 e. The van der Waals surface area contributed by atoms with Crippen LogP contribution in [0.5, 0.6) is 5.88 Å². The number of hydrogen-bond donors (Lipinski definition) is 0. The van der Waals surface area contributed by atoms with Crippen LogP contribution in [0.3, 0.4) is 0 Å². The lowest BCUT2D eigenvalue weighted by Crippen LogP contribution is -2.73. The van der Waals surface area contributed by atoms with Gasteiger partial charge in [0, 0.05) is 61.2 Å². The second-order valence-corrected chi connectivity index (χ2v) is 8.15. The van der Waals surface area contributed by atoms with E-state index in [1.807, 2.05) is 42.4 Å². The predicted molar refractivity (Wildman–Crippen MR) is 113 cm³/mol. The van der Waals surface area contributed by atoms with Crippen LogP contribution in [-0.2, 0) is 4.79 Å². The van der Waals surface area contributed by atoms with Crippen LogP contribution in [0, 0.1) is 5.41 Å². The first kappa shape index (κ1) is 17.9. The minimum Gasteiger partial charge on any atom is -0.481 e. The fourth-order valence-corrected chi connectivity index (χ4v) is 4.47. The smallest absolute Gasteiger partial charge is 0.222 e. The van der Waals surface area contributed by atoms with Gasteiger partial charge in [-0.1, -0.05) is 13.0 Å². The molecule has 1 spiro atoms. The van der Waals surface area contributed by atoms with Gasteiger partial charge in [0.2, 0.25) is 11.8 Å². The number of rotatable bonds is 4. The molecule has 29 heavy (non-hydrogen) atoms. The highest BCUT2D eigenvalue weighted by molar-refractivity contribution is 5.85. The molecule has 6 heteroatoms. The number of nitrogens with zero attached hydrogens (tertiary/aromatic N) is 4. The molecule has 0 N–H and O–H groups in total. The Balaban J connectivity index is 1.32. The minimum absolute atomic E-state index is 0.265. The van der Waals surface area contributed by atoms with Crippen molar-refractivity contribution in [1.82, 2.24) is 14.9 Å². The molecule has 2 aliphatic rings. The van der Waals surface area contributed by atoms with Gasteiger partial charge in [0.1, 0.15) is 0 Å². The maximum absolute atomic E-state index is 11.8. The van der Waals surface area contributed by atoms with E-state index >= 15 is 0 Å². The van der Waals surface area contributed by atoms with Gasteiger partial charge in [-0.05, 0) is 29.8 Å². The average Bonchev–Trinajstić information content (AvgIpc) is 2.71. The third kappa shape index (κ3) is 3.09. The number of carbonyl (C=O) groups is 1. The van der Waals surface area contributed by atoms with E-state index in [4.69, 9.17) is 4.74 Å². The molecule has 0 aliphatic carbocycles. The van der Waals surface area contributed by atoms with Crippen LogP contribution in [0.2, 0.25) is 0 Å². The van der Waals surface area contributed by atoms with E-state index in [2.05, 4.69) is 33.1 Å². The van der Waals surface area contributed by atoms with Gasteiger partial charge in [-0.15, -0.1) is 0 Å². The molecule has 2 fully saturated rings. The fourth-order valence-electron chi connectivity index (χ4n) is 4.47. The second kappa shape index (κ2) is 6.72. The summed E-state index contributed by atoms with van der Waals surface area (Å²) in [6.07, 6.45) is 4.43. The summed E-state index contributed by atoms with van der Waals surface area (Å²) in [7, 11) is 1.63. The van der Waals surface area contributed by atoms with Crippen LogP contribution >= 0.6 is 0 Å². The topological polar surface area (TPSA) is 58.6 Å². The number of methoxy groups -OCH3 is 1. The first-order valence-corrected chi connectivity index (χ1v) is 10.0. The van der Waals surface area contributed by atoms with Crippen molar-refractivity contribution in [1.29, 1.82) is 0 Å². The number of carbonyl (C=O) groups excluding carboxylic acids is 1. The zero-order chi connectivity index (χ0) is 20.0. The van der Waals surface area contributed by atoms with Gasteiger partial charge in [0.15, 0.2) is 0 Å². The zero-order valence-corrected chi connectivity index (χ0v) is 16.8. The summed E-state index contributed by atoms with van der Waals surface area (Å²) in [6, 6.07) is 12.3. The van der Waals surface area contributed by atoms with Gasteiger partial charge < -0.3 is 14.5 Å². The first-order chi connectivity index (χ1) is 14.1. The molecule has 5 rings (SSSR count). The quantitative estimate of drug-likeness (QED) is 0.686. The number of likely N-dealkylation sites (tertiary alicyclic amines) is 1. The van der Waals surface area contributed by atoms with Gasteiger partial charge in [-0.3, -0.25) is 9.78 Å². The van der Waals surface area contributed by atoms with E-state index in [0.717, 1.165) is 53.9 Å². The standard InChI is InChI=1S/C23H24N4O2/c1-3-22(28)27-14-23(15-27)12-26(13-23)19-9-18(10-24-11-19)16-4-6-20-17(8-16)5-7-21(25-20)29-2/h4-11H,3,12-15H2,1-2H3. The minimum atomic E-state index is 0.265. The Morgan fingerprint density at radius 2 is 1.90 bits per heavy atom. The van der Waals surface area contributed by atoms with Crippen molar-refractivity contribution < 1.29 is 9.53 Å². The summed E-state index contributed by atoms with van der Waals surface area (Å²) in [5, 5.41) is 1.08. The Hall–Kier alpha value is -3.15. The SMILES string of the molecule is CCC(=O)N1CC2(C1)CN(c1cncc(-c3ccc4nc(OC)ccc4c3)c1)C2. The molecule has 0 unspecified atom stereocenters. The third-order valence-corrected chi connectivity index (χ3v) is 6.06. The molecule has 6 nitrogen and oxygen atoms in total. The van der Waals surface area contributed by atoms with Crippen molar-refractivity contribution in [3.05, 3.63) is 48.8 Å². The molecular formula is C23H24N4O2. The Labute approximate surface area is 170 Å². The average molecular weight is 388 g/mol. The van der Waals surface area contributed by atoms with Crippen molar-refractivity contribution in [3.63, 3.8) is 0 Å². The molecule has 3 aromatic rings. The maximum atomic E-state index is 11.8. The normalized spacial score (nSPS) is 17.2. The molecule has 148 valence electrons. The van der Waals surface area contributed by atoms with Gasteiger partial charge in [0.25, 0.3) is 0 Å². The summed E-state index contributed by atoms with van der Waals surface area (Å²) < 4.78 is 5.21. The van der Waals surface area contributed by atoms with E-state index in [9.17, 15) is 4.79 Å². The summed E-state index contributed by atoms with van der Waals surface area (Å²) in [6.45, 7) is 5.70. The van der Waals surface area contributed by atoms with E-state index in [-0.39, 0.29) is 11.3 Å². The molecule has 0 saturated carbocycles. The second-order valence-electron chi connectivity index (χ2n) is 8.15. The van der Waals surface area contributed by atoms with Crippen molar-refractivity contribution in [3.8, 4) is 17.0 Å². The molecule has 2 saturated heterocycles. The predicted octanol–water partition coefficient (Wildman–Crippen LogP) is 3.36. The highest BCUT2D eigenvalue weighted by Gasteiger charge is 2.52. The van der Waals surface area contributed by atoms with Crippen LogP contribution in [0.4, 0.5) is 5.69 Å². The largest absolute Gasteiger partial charge is 0.481 e. The van der Waals surface area contributed by atoms with Crippen molar-refractivity contribution in [2.24, 2.45) is 5.41 Å². The number of aromatic nitrogens is 2. The number of amides is 1. The highest BCUT2D eigenvalue weighted by Crippen LogP contribution is 2.42. The number of ether oxygens (including phenoxy) is 1. The zero-order valence-electron chi connectivity index (χ0n) is 16.8. The monoisotopic (exact) mass is 388 g/mol. The van der Waals surface area contributed by atoms with Crippen LogP contribution in [0.15, 0.2) is 48.8 Å². The molecule has 2 aromatic heterocycles. The highest BCUT2D eigenvalue weighted by atomic mass is 16.5. The molecular weight excluding hydrogens is 364 g/mol. The molecule has 0 radical (unpaired) electrons. The molecule has 1 aromatic carbocycles. The molecule has 0 bridgehead atoms. The molecule has 2 aliphatic heterocycles. The van der Waals surface area contributed by atoms with Crippen LogP contribution in [0.1, 0.15) is 13.3 Å². The third-order valence-electron chi connectivity index (χ3n) is 6.06. The van der Waals surface area contributed by atoms with Gasteiger partial charge in [-0.25, -0.2) is 4.98 Å². The van der Waals surface area contributed by atoms with E-state index in [1.54, 1.807) is 7.11 Å². The van der Waals surface area contributed by atoms with E-state index in [0.29, 0.717) is 12.3 Å². The number of benzene rings is 1. The van der Waals surface area contributed by atoms with Crippen LogP contribution in [0.25, 0.3) is 22.0 Å². The van der Waals surface area contributed by atoms with Gasteiger partial charge in [0.05, 0.1) is 24.5 Å². The Morgan fingerprint density at radius 1 is 1.07 bits per heavy atom. The van der Waals surface area contributed by atoms with E-state index in [1.165, 1.54) is 0 Å². The van der Waals surface area contributed by atoms with Crippen LogP contribution in [-0.4, -0.2) is 54.1 Å². The Morgan fingerprint density at radius 3 is 2.66 bits per heavy atom. The van der Waals surface area contributed by atoms with Crippen molar-refractivity contribution in [2.45, 2.75) is 13.3 Å². The first-order valence-electron chi connectivity index (χ1n) is 10.0. The Bertz CT molecular complexity index is 1080. The van der Waals surface area contributed by atoms with Crippen molar-refractivity contribution >= 4 is 22.5 Å². The summed E-state index contributed by atoms with van der Waals surface area (Å²) in [5.74, 6) is 0.886. The molecule has 4 heterocycles. The van der Waals surface area contributed by atoms with Crippen molar-refractivity contribution in [2.75, 3.05) is 38.2 Å². The number of anilines is 1. The fraction of sp³-hybridized carbons (Fsp3) is 0.348. The van der Waals surface area contributed by atoms with E-state index < -0.39 is 0 Å².